The first-order valence-electron chi connectivity index (χ1n) is 6.90. The minimum Gasteiger partial charge on any atom is -0.355 e. The third kappa shape index (κ3) is 5.29. The zero-order chi connectivity index (χ0) is 15.2. The molecule has 0 spiro atoms. The molecule has 0 aliphatic heterocycles. The monoisotopic (exact) mass is 358 g/mol. The van der Waals surface area contributed by atoms with E-state index in [9.17, 15) is 4.79 Å². The second-order valence-electron chi connectivity index (χ2n) is 4.97. The number of hydrogen-bond acceptors (Lipinski definition) is 3. The van der Waals surface area contributed by atoms with Gasteiger partial charge >= 0.3 is 0 Å². The third-order valence-corrected chi connectivity index (χ3v) is 4.73. The second-order valence-corrected chi connectivity index (χ2v) is 6.77. The maximum Gasteiger partial charge on any atom is 0.224 e. The Bertz CT molecular complexity index is 589. The number of carbonyl (C=O) groups is 1. The van der Waals surface area contributed by atoms with Crippen molar-refractivity contribution in [1.29, 1.82) is 0 Å². The Labute approximate surface area is 146 Å². The van der Waals surface area contributed by atoms with Gasteiger partial charge in [-0.25, -0.2) is 0 Å². The Balaban J connectivity index is 0.00000242. The molecule has 3 N–H and O–H groups in total. The van der Waals surface area contributed by atoms with Gasteiger partial charge in [-0.3, -0.25) is 4.79 Å². The van der Waals surface area contributed by atoms with Gasteiger partial charge < -0.3 is 11.1 Å². The van der Waals surface area contributed by atoms with Crippen LogP contribution in [0.3, 0.4) is 0 Å². The number of halogens is 2. The average Bonchev–Trinajstić information content (AvgIpc) is 2.92. The average molecular weight is 359 g/mol. The molecule has 2 aromatic rings. The van der Waals surface area contributed by atoms with Crippen LogP contribution in [0.15, 0.2) is 42.5 Å². The smallest absolute Gasteiger partial charge is 0.224 e. The van der Waals surface area contributed by atoms with Crippen LogP contribution in [0, 0.1) is 5.92 Å². The number of carbonyl (C=O) groups excluding carboxylic acids is 1. The Morgan fingerprint density at radius 1 is 1.27 bits per heavy atom. The highest BCUT2D eigenvalue weighted by atomic mass is 35.5. The lowest BCUT2D eigenvalue weighted by molar-refractivity contribution is -0.125. The molecule has 1 aromatic heterocycles. The van der Waals surface area contributed by atoms with Gasteiger partial charge in [0.1, 0.15) is 0 Å². The molecule has 0 saturated heterocycles. The second kappa shape index (κ2) is 9.16. The molecule has 3 nitrogen and oxygen atoms in total. The highest BCUT2D eigenvalue weighted by molar-refractivity contribution is 7.16. The first-order valence-corrected chi connectivity index (χ1v) is 8.10. The van der Waals surface area contributed by atoms with Gasteiger partial charge in [-0.05, 0) is 24.1 Å². The molecule has 1 heterocycles. The van der Waals surface area contributed by atoms with Gasteiger partial charge in [0.05, 0.1) is 10.3 Å². The molecule has 6 heteroatoms. The molecule has 0 radical (unpaired) electrons. The van der Waals surface area contributed by atoms with E-state index in [0.717, 1.165) is 16.3 Å². The Morgan fingerprint density at radius 2 is 1.95 bits per heavy atom. The van der Waals surface area contributed by atoms with E-state index in [-0.39, 0.29) is 30.3 Å². The summed E-state index contributed by atoms with van der Waals surface area (Å²) in [7, 11) is 0. The van der Waals surface area contributed by atoms with Gasteiger partial charge in [0.25, 0.3) is 0 Å². The van der Waals surface area contributed by atoms with Crippen LogP contribution < -0.4 is 11.1 Å². The Hall–Kier alpha value is -1.07. The molecular weight excluding hydrogens is 339 g/mol. The van der Waals surface area contributed by atoms with Crippen LogP contribution in [0.1, 0.15) is 23.4 Å². The minimum absolute atomic E-state index is 0. The number of rotatable bonds is 6. The molecule has 0 aliphatic carbocycles. The Kier molecular flexibility index (Phi) is 7.90. The number of thiophene rings is 1. The molecule has 1 amide bonds. The molecule has 2 atom stereocenters. The molecule has 22 heavy (non-hydrogen) atoms. The summed E-state index contributed by atoms with van der Waals surface area (Å²) in [6.45, 7) is 2.45. The van der Waals surface area contributed by atoms with E-state index in [0.29, 0.717) is 6.54 Å². The van der Waals surface area contributed by atoms with Gasteiger partial charge in [-0.1, -0.05) is 48.9 Å². The lowest BCUT2D eigenvalue weighted by Crippen LogP contribution is -2.36. The molecule has 0 aliphatic rings. The maximum atomic E-state index is 12.1. The number of benzene rings is 1. The summed E-state index contributed by atoms with van der Waals surface area (Å²) in [4.78, 5) is 13.3. The Morgan fingerprint density at radius 3 is 2.55 bits per heavy atom. The van der Waals surface area contributed by atoms with Gasteiger partial charge in [0, 0.05) is 17.5 Å². The van der Waals surface area contributed by atoms with Crippen LogP contribution in [0.4, 0.5) is 0 Å². The molecule has 1 aromatic carbocycles. The maximum absolute atomic E-state index is 12.1. The fourth-order valence-electron chi connectivity index (χ4n) is 2.08. The molecular formula is C16H20Cl2N2OS. The van der Waals surface area contributed by atoms with E-state index in [1.54, 1.807) is 11.3 Å². The van der Waals surface area contributed by atoms with Crippen molar-refractivity contribution in [1.82, 2.24) is 5.32 Å². The SMILES string of the molecule is CC(C(=O)NCCc1ccc(Cl)s1)C(N)c1ccccc1.Cl. The van der Waals surface area contributed by atoms with Crippen molar-refractivity contribution >= 4 is 41.3 Å². The summed E-state index contributed by atoms with van der Waals surface area (Å²) >= 11 is 7.42. The van der Waals surface area contributed by atoms with E-state index in [4.69, 9.17) is 17.3 Å². The number of nitrogens with two attached hydrogens (primary N) is 1. The first kappa shape index (κ1) is 19.0. The van der Waals surface area contributed by atoms with Gasteiger partial charge in [-0.2, -0.15) is 0 Å². The normalized spacial score (nSPS) is 13.0. The fourth-order valence-corrected chi connectivity index (χ4v) is 3.17. The summed E-state index contributed by atoms with van der Waals surface area (Å²) in [5.41, 5.74) is 7.13. The predicted molar refractivity (Wildman–Crippen MR) is 95.8 cm³/mol. The minimum atomic E-state index is -0.289. The van der Waals surface area contributed by atoms with Crippen LogP contribution in [-0.4, -0.2) is 12.5 Å². The highest BCUT2D eigenvalue weighted by Gasteiger charge is 2.21. The largest absolute Gasteiger partial charge is 0.355 e. The summed E-state index contributed by atoms with van der Waals surface area (Å²) in [5.74, 6) is -0.284. The molecule has 2 rings (SSSR count). The zero-order valence-corrected chi connectivity index (χ0v) is 14.7. The van der Waals surface area contributed by atoms with Gasteiger partial charge in [-0.15, -0.1) is 23.7 Å². The van der Waals surface area contributed by atoms with E-state index in [1.165, 1.54) is 4.88 Å². The predicted octanol–water partition coefficient (Wildman–Crippen LogP) is 3.82. The van der Waals surface area contributed by atoms with Crippen LogP contribution >= 0.6 is 35.3 Å². The summed E-state index contributed by atoms with van der Waals surface area (Å²) < 4.78 is 0.774. The quantitative estimate of drug-likeness (QED) is 0.824. The van der Waals surface area contributed by atoms with E-state index in [2.05, 4.69) is 5.32 Å². The highest BCUT2D eigenvalue weighted by Crippen LogP contribution is 2.22. The van der Waals surface area contributed by atoms with Crippen LogP contribution in [0.25, 0.3) is 0 Å². The topological polar surface area (TPSA) is 55.1 Å². The molecule has 0 fully saturated rings. The molecule has 120 valence electrons. The summed E-state index contributed by atoms with van der Waals surface area (Å²) in [6, 6.07) is 13.3. The van der Waals surface area contributed by atoms with Crippen molar-refractivity contribution in [2.24, 2.45) is 11.7 Å². The summed E-state index contributed by atoms with van der Waals surface area (Å²) in [6.07, 6.45) is 0.788. The standard InChI is InChI=1S/C16H19ClN2OS.ClH/c1-11(15(18)12-5-3-2-4-6-12)16(20)19-10-9-13-7-8-14(17)21-13;/h2-8,11,15H,9-10,18H2,1H3,(H,19,20);1H. The van der Waals surface area contributed by atoms with Crippen molar-refractivity contribution in [2.75, 3.05) is 6.54 Å². The first-order chi connectivity index (χ1) is 10.1. The van der Waals surface area contributed by atoms with Crippen LogP contribution in [0.2, 0.25) is 4.34 Å². The van der Waals surface area contributed by atoms with Crippen molar-refractivity contribution in [3.05, 3.63) is 57.2 Å². The summed E-state index contributed by atoms with van der Waals surface area (Å²) in [5, 5.41) is 2.94. The van der Waals surface area contributed by atoms with Crippen molar-refractivity contribution in [3.63, 3.8) is 0 Å². The van der Waals surface area contributed by atoms with Crippen molar-refractivity contribution in [2.45, 2.75) is 19.4 Å². The molecule has 2 unspecified atom stereocenters. The van der Waals surface area contributed by atoms with E-state index >= 15 is 0 Å². The third-order valence-electron chi connectivity index (χ3n) is 3.44. The number of hydrogen-bond donors (Lipinski definition) is 2. The van der Waals surface area contributed by atoms with Gasteiger partial charge in [0.15, 0.2) is 0 Å². The van der Waals surface area contributed by atoms with E-state index in [1.807, 2.05) is 49.4 Å². The number of nitrogens with one attached hydrogen (secondary N) is 1. The van der Waals surface area contributed by atoms with Crippen LogP contribution in [-0.2, 0) is 11.2 Å². The lowest BCUT2D eigenvalue weighted by atomic mass is 9.95. The van der Waals surface area contributed by atoms with Crippen LogP contribution in [0.5, 0.6) is 0 Å². The lowest BCUT2D eigenvalue weighted by Gasteiger charge is -2.19. The number of amides is 1. The van der Waals surface area contributed by atoms with Crippen molar-refractivity contribution < 1.29 is 4.79 Å². The van der Waals surface area contributed by atoms with Crippen molar-refractivity contribution in [3.8, 4) is 0 Å². The zero-order valence-electron chi connectivity index (χ0n) is 12.3. The molecule has 0 bridgehead atoms. The van der Waals surface area contributed by atoms with Gasteiger partial charge in [0.2, 0.25) is 5.91 Å². The molecule has 0 saturated carbocycles. The van der Waals surface area contributed by atoms with E-state index < -0.39 is 0 Å². The fraction of sp³-hybridized carbons (Fsp3) is 0.312.